The third-order valence-corrected chi connectivity index (χ3v) is 4.09. The Kier molecular flexibility index (Phi) is 4.64. The van der Waals surface area contributed by atoms with Crippen LogP contribution in [-0.4, -0.2) is 50.8 Å². The Morgan fingerprint density at radius 1 is 1.52 bits per heavy atom. The lowest BCUT2D eigenvalue weighted by Crippen LogP contribution is -2.48. The van der Waals surface area contributed by atoms with E-state index in [2.05, 4.69) is 11.9 Å². The van der Waals surface area contributed by atoms with Crippen LogP contribution in [0.5, 0.6) is 0 Å². The van der Waals surface area contributed by atoms with E-state index >= 15 is 0 Å². The molecule has 1 amide bonds. The average Bonchev–Trinajstić information content (AvgIpc) is 2.92. The van der Waals surface area contributed by atoms with E-state index in [0.29, 0.717) is 12.8 Å². The second kappa shape index (κ2) is 6.12. The standard InChI is InChI=1S/C12H17NO7S/c1-3-8(14)13-6-9(15)18-11-10(20-21(16)17)7-4-5-12(11,2)19-7/h3,7,10-11,21H,1,4-6H2,2H3,(H,13,14). The zero-order valence-corrected chi connectivity index (χ0v) is 12.3. The number of hydrogen-bond donors (Lipinski definition) is 2. The summed E-state index contributed by atoms with van der Waals surface area (Å²) in [6, 6.07) is 0. The van der Waals surface area contributed by atoms with Crippen molar-refractivity contribution >= 4 is 22.9 Å². The lowest BCUT2D eigenvalue weighted by molar-refractivity contribution is -0.160. The summed E-state index contributed by atoms with van der Waals surface area (Å²) in [5, 5.41) is 2.29. The molecule has 0 aliphatic carbocycles. The van der Waals surface area contributed by atoms with Crippen molar-refractivity contribution in [2.75, 3.05) is 6.54 Å². The maximum Gasteiger partial charge on any atom is 0.325 e. The molecule has 0 spiro atoms. The summed E-state index contributed by atoms with van der Waals surface area (Å²) in [7, 11) is -3.07. The van der Waals surface area contributed by atoms with Crippen LogP contribution in [-0.2, 0) is 34.2 Å². The van der Waals surface area contributed by atoms with Crippen LogP contribution in [0.2, 0.25) is 0 Å². The molecule has 2 aliphatic heterocycles. The minimum absolute atomic E-state index is 0.335. The number of esters is 1. The topological polar surface area (TPSA) is 108 Å². The van der Waals surface area contributed by atoms with Gasteiger partial charge in [-0.3, -0.25) is 13.8 Å². The first-order valence-corrected chi connectivity index (χ1v) is 7.54. The highest BCUT2D eigenvalue weighted by Gasteiger charge is 2.60. The van der Waals surface area contributed by atoms with Gasteiger partial charge >= 0.3 is 5.97 Å². The van der Waals surface area contributed by atoms with Gasteiger partial charge in [0.1, 0.15) is 18.2 Å². The van der Waals surface area contributed by atoms with E-state index in [4.69, 9.17) is 13.7 Å². The highest BCUT2D eigenvalue weighted by molar-refractivity contribution is 7.67. The molecular weight excluding hydrogens is 302 g/mol. The number of rotatable bonds is 6. The molecule has 0 saturated carbocycles. The van der Waals surface area contributed by atoms with E-state index in [1.165, 1.54) is 0 Å². The van der Waals surface area contributed by atoms with Gasteiger partial charge in [-0.25, -0.2) is 8.42 Å². The number of thiol groups is 1. The minimum Gasteiger partial charge on any atom is -0.455 e. The molecular formula is C12H17NO7S. The first-order valence-electron chi connectivity index (χ1n) is 6.44. The number of ether oxygens (including phenoxy) is 2. The summed E-state index contributed by atoms with van der Waals surface area (Å²) in [6.45, 7) is 4.67. The maximum atomic E-state index is 11.7. The van der Waals surface area contributed by atoms with E-state index in [-0.39, 0.29) is 6.54 Å². The van der Waals surface area contributed by atoms with E-state index in [9.17, 15) is 18.0 Å². The molecule has 0 aromatic carbocycles. The Balaban J connectivity index is 2.00. The van der Waals surface area contributed by atoms with Crippen molar-refractivity contribution in [3.63, 3.8) is 0 Å². The fraction of sp³-hybridized carbons (Fsp3) is 0.667. The van der Waals surface area contributed by atoms with Crippen LogP contribution in [0.4, 0.5) is 0 Å². The van der Waals surface area contributed by atoms with Crippen molar-refractivity contribution in [2.24, 2.45) is 0 Å². The highest BCUT2D eigenvalue weighted by Crippen LogP contribution is 2.46. The first-order chi connectivity index (χ1) is 9.85. The summed E-state index contributed by atoms with van der Waals surface area (Å²) >= 11 is 0. The van der Waals surface area contributed by atoms with Crippen molar-refractivity contribution in [2.45, 2.75) is 43.7 Å². The van der Waals surface area contributed by atoms with E-state index in [1.54, 1.807) is 6.92 Å². The van der Waals surface area contributed by atoms with Crippen LogP contribution >= 0.6 is 0 Å². The van der Waals surface area contributed by atoms with Crippen molar-refractivity contribution in [3.05, 3.63) is 12.7 Å². The van der Waals surface area contributed by atoms with Gasteiger partial charge in [0.15, 0.2) is 6.10 Å². The van der Waals surface area contributed by atoms with Crippen LogP contribution in [0.15, 0.2) is 12.7 Å². The third kappa shape index (κ3) is 3.42. The fourth-order valence-corrected chi connectivity index (χ4v) is 3.15. The van der Waals surface area contributed by atoms with Gasteiger partial charge in [-0.1, -0.05) is 6.58 Å². The number of fused-ring (bicyclic) bond motifs is 2. The number of carbonyl (C=O) groups excluding carboxylic acids is 2. The van der Waals surface area contributed by atoms with Gasteiger partial charge in [-0.05, 0) is 25.8 Å². The van der Waals surface area contributed by atoms with E-state index in [1.807, 2.05) is 0 Å². The Morgan fingerprint density at radius 3 is 2.86 bits per heavy atom. The molecule has 9 heteroatoms. The van der Waals surface area contributed by atoms with Crippen molar-refractivity contribution in [3.8, 4) is 0 Å². The highest BCUT2D eigenvalue weighted by atomic mass is 32.2. The molecule has 2 fully saturated rings. The van der Waals surface area contributed by atoms with Crippen LogP contribution in [0, 0.1) is 0 Å². The van der Waals surface area contributed by atoms with Crippen LogP contribution < -0.4 is 5.32 Å². The van der Waals surface area contributed by atoms with Gasteiger partial charge in [-0.15, -0.1) is 0 Å². The molecule has 4 unspecified atom stereocenters. The smallest absolute Gasteiger partial charge is 0.325 e. The average molecular weight is 319 g/mol. The predicted molar refractivity (Wildman–Crippen MR) is 70.8 cm³/mol. The second-order valence-electron chi connectivity index (χ2n) is 5.13. The monoisotopic (exact) mass is 319 g/mol. The molecule has 2 saturated heterocycles. The SMILES string of the molecule is C=CC(=O)NCC(=O)OC1C(O[SH](=O)=O)C2CCC1(C)O2. The molecule has 0 aromatic rings. The Hall–Kier alpha value is -1.45. The largest absolute Gasteiger partial charge is 0.455 e. The molecule has 1 N–H and O–H groups in total. The summed E-state index contributed by atoms with van der Waals surface area (Å²) < 4.78 is 37.3. The molecule has 4 atom stereocenters. The second-order valence-corrected chi connectivity index (χ2v) is 5.79. The number of amides is 1. The van der Waals surface area contributed by atoms with E-state index in [0.717, 1.165) is 6.08 Å². The minimum atomic E-state index is -3.07. The Bertz CT molecular complexity index is 524. The first kappa shape index (κ1) is 15.9. The Labute approximate surface area is 123 Å². The van der Waals surface area contributed by atoms with Gasteiger partial charge in [0.05, 0.1) is 6.10 Å². The summed E-state index contributed by atoms with van der Waals surface area (Å²) in [6.07, 6.45) is 0.239. The quantitative estimate of drug-likeness (QED) is 0.370. The fourth-order valence-electron chi connectivity index (χ4n) is 2.70. The van der Waals surface area contributed by atoms with Gasteiger partial charge in [0.25, 0.3) is 11.0 Å². The lowest BCUT2D eigenvalue weighted by Gasteiger charge is -2.31. The van der Waals surface area contributed by atoms with Gasteiger partial charge < -0.3 is 14.8 Å². The molecule has 2 bridgehead atoms. The molecule has 0 aromatic heterocycles. The van der Waals surface area contributed by atoms with Gasteiger partial charge in [0.2, 0.25) is 5.91 Å². The normalized spacial score (nSPS) is 33.9. The molecule has 8 nitrogen and oxygen atoms in total. The summed E-state index contributed by atoms with van der Waals surface area (Å²) in [5.74, 6) is -1.19. The van der Waals surface area contributed by atoms with Crippen molar-refractivity contribution in [1.29, 1.82) is 0 Å². The maximum absolute atomic E-state index is 11.7. The molecule has 118 valence electrons. The third-order valence-electron chi connectivity index (χ3n) is 3.67. The zero-order chi connectivity index (χ0) is 15.6. The number of carbonyl (C=O) groups is 2. The van der Waals surface area contributed by atoms with Crippen molar-refractivity contribution < 1.29 is 31.7 Å². The Morgan fingerprint density at radius 2 is 2.24 bits per heavy atom. The molecule has 2 heterocycles. The summed E-state index contributed by atoms with van der Waals surface area (Å²) in [4.78, 5) is 22.7. The van der Waals surface area contributed by atoms with Crippen LogP contribution in [0.3, 0.4) is 0 Å². The number of nitrogens with one attached hydrogen (secondary N) is 1. The molecule has 2 aliphatic rings. The summed E-state index contributed by atoms with van der Waals surface area (Å²) in [5.41, 5.74) is -0.765. The molecule has 21 heavy (non-hydrogen) atoms. The molecule has 0 radical (unpaired) electrons. The van der Waals surface area contributed by atoms with Crippen molar-refractivity contribution in [1.82, 2.24) is 5.32 Å². The van der Waals surface area contributed by atoms with E-state index < -0.39 is 46.8 Å². The van der Waals surface area contributed by atoms with Crippen LogP contribution in [0.1, 0.15) is 19.8 Å². The number of hydrogen-bond acceptors (Lipinski definition) is 7. The van der Waals surface area contributed by atoms with Gasteiger partial charge in [-0.2, -0.15) is 0 Å². The van der Waals surface area contributed by atoms with Gasteiger partial charge in [0, 0.05) is 0 Å². The molecule has 2 rings (SSSR count). The zero-order valence-electron chi connectivity index (χ0n) is 11.4. The van der Waals surface area contributed by atoms with Crippen LogP contribution in [0.25, 0.3) is 0 Å². The predicted octanol–water partition coefficient (Wildman–Crippen LogP) is -0.937. The lowest BCUT2D eigenvalue weighted by atomic mass is 9.85.